The normalized spacial score (nSPS) is 17.7. The number of aromatic nitrogens is 1. The van der Waals surface area contributed by atoms with Crippen molar-refractivity contribution in [2.45, 2.75) is 24.8 Å². The van der Waals surface area contributed by atoms with Crippen LogP contribution in [0.4, 0.5) is 0 Å². The van der Waals surface area contributed by atoms with Gasteiger partial charge in [0.05, 0.1) is 6.61 Å². The van der Waals surface area contributed by atoms with Crippen molar-refractivity contribution in [3.8, 4) is 5.75 Å². The molecule has 1 spiro atoms. The third kappa shape index (κ3) is 2.78. The van der Waals surface area contributed by atoms with E-state index in [0.29, 0.717) is 31.8 Å². The van der Waals surface area contributed by atoms with Gasteiger partial charge in [-0.15, -0.1) is 0 Å². The van der Waals surface area contributed by atoms with Crippen molar-refractivity contribution in [2.75, 3.05) is 19.7 Å². The summed E-state index contributed by atoms with van der Waals surface area (Å²) in [7, 11) is 0. The van der Waals surface area contributed by atoms with Crippen LogP contribution in [0.5, 0.6) is 5.75 Å². The molecule has 1 amide bonds. The maximum Gasteiger partial charge on any atom is 0.253 e. The first-order valence-electron chi connectivity index (χ1n) is 8.98. The summed E-state index contributed by atoms with van der Waals surface area (Å²) in [6, 6.07) is 9.86. The molecule has 2 aliphatic rings. The van der Waals surface area contributed by atoms with Crippen LogP contribution in [-0.2, 0) is 16.8 Å². The Bertz CT molecular complexity index is 840. The molecule has 0 atom stereocenters. The van der Waals surface area contributed by atoms with Gasteiger partial charge < -0.3 is 15.4 Å². The summed E-state index contributed by atoms with van der Waals surface area (Å²) in [5, 5.41) is 0. The SMILES string of the molecule is C=C(C(=O)N1CCC2(CC1)COc1ccc(CN)cc12)c1ccncc1. The number of hydrogen-bond acceptors (Lipinski definition) is 4. The van der Waals surface area contributed by atoms with Crippen LogP contribution >= 0.6 is 0 Å². The van der Waals surface area contributed by atoms with E-state index >= 15 is 0 Å². The highest BCUT2D eigenvalue weighted by Crippen LogP contribution is 2.46. The summed E-state index contributed by atoms with van der Waals surface area (Å²) in [5.74, 6) is 0.962. The Labute approximate surface area is 153 Å². The molecule has 4 rings (SSSR count). The minimum Gasteiger partial charge on any atom is -0.492 e. The number of nitrogens with zero attached hydrogens (tertiary/aromatic N) is 2. The molecule has 134 valence electrons. The Kier molecular flexibility index (Phi) is 4.24. The molecular weight excluding hydrogens is 326 g/mol. The van der Waals surface area contributed by atoms with Gasteiger partial charge >= 0.3 is 0 Å². The Morgan fingerprint density at radius 1 is 1.23 bits per heavy atom. The highest BCUT2D eigenvalue weighted by atomic mass is 16.5. The third-order valence-electron chi connectivity index (χ3n) is 5.65. The summed E-state index contributed by atoms with van der Waals surface area (Å²) in [6.07, 6.45) is 5.15. The van der Waals surface area contributed by atoms with Crippen LogP contribution in [0.1, 0.15) is 29.5 Å². The number of piperidine rings is 1. The number of amides is 1. The van der Waals surface area contributed by atoms with E-state index in [0.717, 1.165) is 29.7 Å². The van der Waals surface area contributed by atoms with E-state index in [1.165, 1.54) is 5.56 Å². The second-order valence-corrected chi connectivity index (χ2v) is 7.11. The molecule has 1 saturated heterocycles. The van der Waals surface area contributed by atoms with Crippen molar-refractivity contribution in [2.24, 2.45) is 5.73 Å². The number of hydrogen-bond donors (Lipinski definition) is 1. The number of nitrogens with two attached hydrogens (primary N) is 1. The summed E-state index contributed by atoms with van der Waals surface area (Å²) in [6.45, 7) is 6.62. The maximum absolute atomic E-state index is 12.8. The van der Waals surface area contributed by atoms with Crippen molar-refractivity contribution in [3.05, 3.63) is 66.0 Å². The van der Waals surface area contributed by atoms with Gasteiger partial charge in [-0.3, -0.25) is 9.78 Å². The minimum absolute atomic E-state index is 0.000831. The predicted octanol–water partition coefficient (Wildman–Crippen LogP) is 2.51. The molecule has 0 saturated carbocycles. The predicted molar refractivity (Wildman–Crippen MR) is 101 cm³/mol. The molecular formula is C21H23N3O2. The molecule has 1 aromatic heterocycles. The first-order valence-corrected chi connectivity index (χ1v) is 8.98. The van der Waals surface area contributed by atoms with Gasteiger partial charge in [-0.05, 0) is 42.2 Å². The van der Waals surface area contributed by atoms with E-state index in [9.17, 15) is 4.79 Å². The molecule has 0 radical (unpaired) electrons. The largest absolute Gasteiger partial charge is 0.492 e. The Balaban J connectivity index is 1.49. The van der Waals surface area contributed by atoms with Gasteiger partial charge in [0.25, 0.3) is 5.91 Å². The summed E-state index contributed by atoms with van der Waals surface area (Å²) in [4.78, 5) is 18.7. The maximum atomic E-state index is 12.8. The number of carbonyl (C=O) groups excluding carboxylic acids is 1. The van der Waals surface area contributed by atoms with E-state index in [1.807, 2.05) is 29.2 Å². The number of carbonyl (C=O) groups is 1. The number of pyridine rings is 1. The standard InChI is InChI=1S/C21H23N3O2/c1-15(17-4-8-23-9-5-17)20(25)24-10-6-21(7-11-24)14-26-19-3-2-16(13-22)12-18(19)21/h2-5,8-9,12H,1,6-7,10-11,13-14,22H2. The van der Waals surface area contributed by atoms with E-state index in [1.54, 1.807) is 12.4 Å². The van der Waals surface area contributed by atoms with Crippen LogP contribution in [0.15, 0.2) is 49.3 Å². The molecule has 1 fully saturated rings. The number of likely N-dealkylation sites (tertiary alicyclic amines) is 1. The monoisotopic (exact) mass is 349 g/mol. The van der Waals surface area contributed by atoms with Gasteiger partial charge in [0, 0.05) is 48.6 Å². The molecule has 3 heterocycles. The van der Waals surface area contributed by atoms with Crippen LogP contribution in [0.25, 0.3) is 5.57 Å². The summed E-state index contributed by atoms with van der Waals surface area (Å²) >= 11 is 0. The summed E-state index contributed by atoms with van der Waals surface area (Å²) in [5.41, 5.74) is 9.52. The Morgan fingerprint density at radius 2 is 1.96 bits per heavy atom. The topological polar surface area (TPSA) is 68.5 Å². The van der Waals surface area contributed by atoms with E-state index < -0.39 is 0 Å². The van der Waals surface area contributed by atoms with Crippen molar-refractivity contribution < 1.29 is 9.53 Å². The van der Waals surface area contributed by atoms with Gasteiger partial charge in [-0.25, -0.2) is 0 Å². The highest BCUT2D eigenvalue weighted by molar-refractivity contribution is 6.18. The molecule has 5 heteroatoms. The fraction of sp³-hybridized carbons (Fsp3) is 0.333. The first-order chi connectivity index (χ1) is 12.6. The van der Waals surface area contributed by atoms with Crippen LogP contribution in [-0.4, -0.2) is 35.5 Å². The fourth-order valence-electron chi connectivity index (χ4n) is 3.96. The van der Waals surface area contributed by atoms with Crippen molar-refractivity contribution in [1.82, 2.24) is 9.88 Å². The molecule has 2 aliphatic heterocycles. The van der Waals surface area contributed by atoms with Crippen LogP contribution < -0.4 is 10.5 Å². The van der Waals surface area contributed by atoms with Crippen molar-refractivity contribution in [1.29, 1.82) is 0 Å². The molecule has 0 aliphatic carbocycles. The number of ether oxygens (including phenoxy) is 1. The zero-order valence-electron chi connectivity index (χ0n) is 14.8. The molecule has 0 unspecified atom stereocenters. The lowest BCUT2D eigenvalue weighted by atomic mass is 9.74. The van der Waals surface area contributed by atoms with E-state index in [-0.39, 0.29) is 11.3 Å². The smallest absolute Gasteiger partial charge is 0.253 e. The van der Waals surface area contributed by atoms with Crippen molar-refractivity contribution >= 4 is 11.5 Å². The Hall–Kier alpha value is -2.66. The summed E-state index contributed by atoms with van der Waals surface area (Å²) < 4.78 is 5.94. The number of rotatable bonds is 3. The molecule has 0 bridgehead atoms. The lowest BCUT2D eigenvalue weighted by Crippen LogP contribution is -2.46. The Morgan fingerprint density at radius 3 is 2.65 bits per heavy atom. The average Bonchev–Trinajstić information content (AvgIpc) is 3.05. The number of fused-ring (bicyclic) bond motifs is 2. The van der Waals surface area contributed by atoms with Gasteiger partial charge in [-0.1, -0.05) is 18.7 Å². The molecule has 26 heavy (non-hydrogen) atoms. The average molecular weight is 349 g/mol. The van der Waals surface area contributed by atoms with Gasteiger partial charge in [0.15, 0.2) is 0 Å². The van der Waals surface area contributed by atoms with Crippen molar-refractivity contribution in [3.63, 3.8) is 0 Å². The van der Waals surface area contributed by atoms with Crippen LogP contribution in [0.3, 0.4) is 0 Å². The molecule has 2 aromatic rings. The highest BCUT2D eigenvalue weighted by Gasteiger charge is 2.44. The number of benzene rings is 1. The van der Waals surface area contributed by atoms with Crippen LogP contribution in [0, 0.1) is 0 Å². The quantitative estimate of drug-likeness (QED) is 0.865. The van der Waals surface area contributed by atoms with Gasteiger partial charge in [0.2, 0.25) is 0 Å². The van der Waals surface area contributed by atoms with Crippen LogP contribution in [0.2, 0.25) is 0 Å². The van der Waals surface area contributed by atoms with Gasteiger partial charge in [0.1, 0.15) is 5.75 Å². The lowest BCUT2D eigenvalue weighted by molar-refractivity contribution is -0.126. The van der Waals surface area contributed by atoms with E-state index in [2.05, 4.69) is 17.6 Å². The zero-order chi connectivity index (χ0) is 18.1. The first kappa shape index (κ1) is 16.8. The minimum atomic E-state index is -0.00467. The zero-order valence-corrected chi connectivity index (χ0v) is 14.8. The molecule has 1 aromatic carbocycles. The second-order valence-electron chi connectivity index (χ2n) is 7.11. The molecule has 2 N–H and O–H groups in total. The lowest BCUT2D eigenvalue weighted by Gasteiger charge is -2.39. The fourth-order valence-corrected chi connectivity index (χ4v) is 3.96. The van der Waals surface area contributed by atoms with Gasteiger partial charge in [-0.2, -0.15) is 0 Å². The molecule has 5 nitrogen and oxygen atoms in total. The third-order valence-corrected chi connectivity index (χ3v) is 5.65. The van der Waals surface area contributed by atoms with E-state index in [4.69, 9.17) is 10.5 Å². The second kappa shape index (κ2) is 6.57.